The Bertz CT molecular complexity index is 2490. The van der Waals surface area contributed by atoms with Crippen LogP contribution < -0.4 is 15.4 Å². The molecule has 0 saturated carbocycles. The maximum absolute atomic E-state index is 13.8. The summed E-state index contributed by atoms with van der Waals surface area (Å²) in [5.41, 5.74) is 10.6. The number of likely N-dealkylation sites (tertiary alicyclic amines) is 1. The molecule has 1 aliphatic heterocycles. The predicted molar refractivity (Wildman–Crippen MR) is 262 cm³/mol. The van der Waals surface area contributed by atoms with Gasteiger partial charge in [0.15, 0.2) is 0 Å². The Hall–Kier alpha value is -6.55. The molecule has 0 bridgehead atoms. The second-order valence-corrected chi connectivity index (χ2v) is 17.7. The molecule has 1 aromatic heterocycles. The third-order valence-corrected chi connectivity index (χ3v) is 12.7. The summed E-state index contributed by atoms with van der Waals surface area (Å²) >= 11 is 1.58. The number of aryl methyl sites for hydroxylation is 1. The molecule has 1 fully saturated rings. The lowest BCUT2D eigenvalue weighted by molar-refractivity contribution is -0.142. The molecule has 12 heteroatoms. The van der Waals surface area contributed by atoms with Crippen LogP contribution in [-0.4, -0.2) is 88.5 Å². The van der Waals surface area contributed by atoms with Crippen LogP contribution in [0, 0.1) is 24.7 Å². The molecule has 2 heterocycles. The number of rotatable bonds is 19. The zero-order valence-electron chi connectivity index (χ0n) is 38.6. The Labute approximate surface area is 393 Å². The van der Waals surface area contributed by atoms with E-state index in [0.717, 1.165) is 45.0 Å². The molecule has 3 N–H and O–H groups in total. The van der Waals surface area contributed by atoms with Gasteiger partial charge in [0.1, 0.15) is 24.4 Å². The summed E-state index contributed by atoms with van der Waals surface area (Å²) in [4.78, 5) is 61.4. The van der Waals surface area contributed by atoms with Gasteiger partial charge >= 0.3 is 0 Å². The highest BCUT2D eigenvalue weighted by Crippen LogP contribution is 2.35. The van der Waals surface area contributed by atoms with Gasteiger partial charge in [0, 0.05) is 39.4 Å². The number of aliphatic hydroxyl groups is 1. The Morgan fingerprint density at radius 2 is 1.58 bits per heavy atom. The molecule has 4 aromatic carbocycles. The van der Waals surface area contributed by atoms with Crippen molar-refractivity contribution in [3.8, 4) is 28.0 Å². The van der Waals surface area contributed by atoms with Crippen LogP contribution in [0.3, 0.4) is 0 Å². The Kier molecular flexibility index (Phi) is 17.9. The quantitative estimate of drug-likeness (QED) is 0.0430. The highest BCUT2D eigenvalue weighted by atomic mass is 32.1. The molecule has 5 aromatic rings. The zero-order valence-corrected chi connectivity index (χ0v) is 39.4. The summed E-state index contributed by atoms with van der Waals surface area (Å²) in [7, 11) is 1.73. The lowest BCUT2D eigenvalue weighted by Crippen LogP contribution is -2.55. The first-order chi connectivity index (χ1) is 31.9. The third-order valence-electron chi connectivity index (χ3n) is 11.7. The number of hydrogen-bond acceptors (Lipinski definition) is 8. The van der Waals surface area contributed by atoms with Crippen LogP contribution in [0.25, 0.3) is 21.6 Å². The van der Waals surface area contributed by atoms with Crippen molar-refractivity contribution in [1.29, 1.82) is 0 Å². The average molecular weight is 908 g/mol. The fraction of sp³-hybridized carbons (Fsp3) is 0.352. The van der Waals surface area contributed by atoms with Crippen molar-refractivity contribution in [1.82, 2.24) is 25.4 Å². The first kappa shape index (κ1) is 48.9. The van der Waals surface area contributed by atoms with Crippen molar-refractivity contribution in [3.63, 3.8) is 0 Å². The van der Waals surface area contributed by atoms with E-state index in [1.807, 2.05) is 74.8 Å². The monoisotopic (exact) mass is 907 g/mol. The summed E-state index contributed by atoms with van der Waals surface area (Å²) in [6, 6.07) is 35.1. The molecular weight excluding hydrogens is 847 g/mol. The highest BCUT2D eigenvalue weighted by Gasteiger charge is 2.42. The van der Waals surface area contributed by atoms with Crippen LogP contribution in [0.4, 0.5) is 0 Å². The summed E-state index contributed by atoms with van der Waals surface area (Å²) in [5, 5.41) is 16.3. The molecule has 0 unspecified atom stereocenters. The number of carbonyl (C=O) groups excluding carboxylic acids is 4. The van der Waals surface area contributed by atoms with Gasteiger partial charge in [-0.3, -0.25) is 19.2 Å². The highest BCUT2D eigenvalue weighted by molar-refractivity contribution is 7.13. The van der Waals surface area contributed by atoms with Gasteiger partial charge in [0.05, 0.1) is 35.2 Å². The van der Waals surface area contributed by atoms with E-state index in [9.17, 15) is 24.3 Å². The molecular formula is C54H61N5O6S. The van der Waals surface area contributed by atoms with Gasteiger partial charge in [-0.05, 0) is 76.8 Å². The van der Waals surface area contributed by atoms with Crippen molar-refractivity contribution in [2.75, 3.05) is 26.7 Å². The van der Waals surface area contributed by atoms with Crippen LogP contribution in [0.15, 0.2) is 115 Å². The Morgan fingerprint density at radius 3 is 2.21 bits per heavy atom. The number of unbranched alkanes of at least 4 members (excludes halogenated alkanes) is 1. The lowest BCUT2D eigenvalue weighted by atomic mass is 9.88. The lowest BCUT2D eigenvalue weighted by Gasteiger charge is -2.30. The van der Waals surface area contributed by atoms with Gasteiger partial charge in [-0.1, -0.05) is 124 Å². The van der Waals surface area contributed by atoms with E-state index in [1.165, 1.54) is 21.6 Å². The number of aromatic nitrogens is 1. The SMILES string of the molecule is CC/C(=C(\c1ccccc1)c1ccc(OCCN(C)C(=O)CC#CCCCC(=O)N[C@H](C(=O)N2C[C@H](O)C[C@H]2C(=O)NCc2ccc(-c3scnc3C)cc2)C(C)C)cc1)c1ccccc1. The number of β-amino-alcohol motifs (C(OH)–C–C–N with tert-alkyl or cyclic N) is 1. The van der Waals surface area contributed by atoms with E-state index < -0.39 is 24.1 Å². The minimum atomic E-state index is -0.869. The van der Waals surface area contributed by atoms with Gasteiger partial charge in [-0.25, -0.2) is 4.98 Å². The van der Waals surface area contributed by atoms with Gasteiger partial charge in [-0.15, -0.1) is 17.3 Å². The second kappa shape index (κ2) is 24.1. The number of hydrogen-bond donors (Lipinski definition) is 3. The van der Waals surface area contributed by atoms with Crippen LogP contribution in [-0.2, 0) is 25.7 Å². The molecule has 0 radical (unpaired) electrons. The van der Waals surface area contributed by atoms with Gasteiger partial charge in [0.2, 0.25) is 23.6 Å². The number of benzene rings is 4. The summed E-state index contributed by atoms with van der Waals surface area (Å²) < 4.78 is 6.03. The van der Waals surface area contributed by atoms with E-state index in [1.54, 1.807) is 23.3 Å². The average Bonchev–Trinajstić information content (AvgIpc) is 3.95. The maximum atomic E-state index is 13.8. The van der Waals surface area contributed by atoms with Crippen LogP contribution >= 0.6 is 11.3 Å². The number of nitrogens with zero attached hydrogens (tertiary/aromatic N) is 3. The van der Waals surface area contributed by atoms with Gasteiger partial charge < -0.3 is 30.3 Å². The minimum Gasteiger partial charge on any atom is -0.492 e. The molecule has 6 rings (SSSR count). The number of ether oxygens (including phenoxy) is 1. The summed E-state index contributed by atoms with van der Waals surface area (Å²) in [6.45, 7) is 8.81. The van der Waals surface area contributed by atoms with Crippen molar-refractivity contribution in [2.24, 2.45) is 5.92 Å². The second-order valence-electron chi connectivity index (χ2n) is 16.9. The normalized spacial score (nSPS) is 15.3. The van der Waals surface area contributed by atoms with Crippen molar-refractivity contribution in [3.05, 3.63) is 143 Å². The van der Waals surface area contributed by atoms with E-state index in [2.05, 4.69) is 95.0 Å². The zero-order chi connectivity index (χ0) is 47.0. The number of nitrogens with one attached hydrogen (secondary N) is 2. The molecule has 0 aliphatic carbocycles. The van der Waals surface area contributed by atoms with Gasteiger partial charge in [-0.2, -0.15) is 0 Å². The molecule has 344 valence electrons. The number of carbonyl (C=O) groups is 4. The number of aliphatic hydroxyl groups excluding tert-OH is 1. The predicted octanol–water partition coefficient (Wildman–Crippen LogP) is 8.31. The van der Waals surface area contributed by atoms with E-state index in [-0.39, 0.29) is 56.0 Å². The molecule has 11 nitrogen and oxygen atoms in total. The van der Waals surface area contributed by atoms with Crippen LogP contribution in [0.5, 0.6) is 5.75 Å². The van der Waals surface area contributed by atoms with Crippen LogP contribution in [0.1, 0.15) is 87.2 Å². The molecule has 0 spiro atoms. The summed E-state index contributed by atoms with van der Waals surface area (Å²) in [5.74, 6) is 5.19. The molecule has 1 aliphatic rings. The van der Waals surface area contributed by atoms with Crippen molar-refractivity contribution in [2.45, 2.75) is 91.0 Å². The maximum Gasteiger partial charge on any atom is 0.246 e. The number of allylic oxidation sites excluding steroid dienone is 1. The largest absolute Gasteiger partial charge is 0.492 e. The fourth-order valence-corrected chi connectivity index (χ4v) is 8.84. The Balaban J connectivity index is 0.912. The topological polar surface area (TPSA) is 141 Å². The van der Waals surface area contributed by atoms with Crippen molar-refractivity contribution >= 4 is 46.1 Å². The number of likely N-dealkylation sites (N-methyl/N-ethyl adjacent to an activating group) is 1. The van der Waals surface area contributed by atoms with Crippen molar-refractivity contribution < 1.29 is 29.0 Å². The van der Waals surface area contributed by atoms with E-state index >= 15 is 0 Å². The minimum absolute atomic E-state index is 0.00718. The molecule has 4 amide bonds. The summed E-state index contributed by atoms with van der Waals surface area (Å²) in [6.07, 6.45) is 1.18. The fourth-order valence-electron chi connectivity index (χ4n) is 8.03. The Morgan fingerprint density at radius 1 is 0.909 bits per heavy atom. The third kappa shape index (κ3) is 13.3. The standard InChI is InChI=1S/C54H61N5O6S/c1-6-46(40-17-11-9-12-18-40)50(41-19-13-10-14-20-41)42-27-29-45(30-28-42)65-32-31-58(5)49(62)22-16-8-7-15-21-48(61)57-51(37(2)3)54(64)59-35-44(60)33-47(59)53(63)55-34-39-23-25-43(26-24-39)52-38(4)56-36-66-52/h9-14,17-20,23-30,36-37,44,47,51,60H,6-7,15,21-22,31-35H2,1-5H3,(H,55,63)(H,57,61)/b50-46-/t44-,47+,51+/m1/s1. The smallest absolute Gasteiger partial charge is 0.246 e. The first-order valence-corrected chi connectivity index (χ1v) is 23.6. The number of amides is 4. The first-order valence-electron chi connectivity index (χ1n) is 22.7. The molecule has 3 atom stereocenters. The number of thiazole rings is 1. The molecule has 66 heavy (non-hydrogen) atoms. The van der Waals surface area contributed by atoms with E-state index in [0.29, 0.717) is 26.0 Å². The van der Waals surface area contributed by atoms with E-state index in [4.69, 9.17) is 4.74 Å². The van der Waals surface area contributed by atoms with Gasteiger partial charge in [0.25, 0.3) is 0 Å². The van der Waals surface area contributed by atoms with Crippen LogP contribution in [0.2, 0.25) is 0 Å². The molecule has 1 saturated heterocycles.